The lowest BCUT2D eigenvalue weighted by atomic mass is 10.3. The number of H-pyrrole nitrogens is 1. The van der Waals surface area contributed by atoms with Gasteiger partial charge >= 0.3 is 6.18 Å². The van der Waals surface area contributed by atoms with Gasteiger partial charge in [0.05, 0.1) is 0 Å². The van der Waals surface area contributed by atoms with Crippen LogP contribution in [0.1, 0.15) is 10.5 Å². The number of carbonyl (C=O) groups excluding carboxylic acids is 1. The molecular formula is C11H9BrF3N3O2. The number of alkyl halides is 3. The van der Waals surface area contributed by atoms with Crippen molar-refractivity contribution in [3.05, 3.63) is 32.8 Å². The first kappa shape index (κ1) is 14.6. The van der Waals surface area contributed by atoms with Crippen molar-refractivity contribution in [3.8, 4) is 0 Å². The first-order chi connectivity index (χ1) is 9.19. The molecule has 0 radical (unpaired) electrons. The molecule has 0 aromatic carbocycles. The minimum atomic E-state index is -4.49. The lowest BCUT2D eigenvalue weighted by Crippen LogP contribution is -2.33. The van der Waals surface area contributed by atoms with E-state index >= 15 is 0 Å². The molecule has 2 aromatic heterocycles. The molecule has 0 saturated carbocycles. The Morgan fingerprint density at radius 1 is 1.50 bits per heavy atom. The highest BCUT2D eigenvalue weighted by molar-refractivity contribution is 9.10. The summed E-state index contributed by atoms with van der Waals surface area (Å²) < 4.78 is 37.9. The number of rotatable bonds is 2. The Morgan fingerprint density at radius 2 is 2.15 bits per heavy atom. The van der Waals surface area contributed by atoms with Gasteiger partial charge in [-0.05, 0) is 22.0 Å². The van der Waals surface area contributed by atoms with E-state index in [-0.39, 0.29) is 16.8 Å². The van der Waals surface area contributed by atoms with E-state index in [0.29, 0.717) is 9.86 Å². The summed E-state index contributed by atoms with van der Waals surface area (Å²) in [7, 11) is 1.52. The zero-order valence-corrected chi connectivity index (χ0v) is 11.7. The first-order valence-electron chi connectivity index (χ1n) is 5.42. The van der Waals surface area contributed by atoms with E-state index in [1.807, 2.05) is 0 Å². The number of aromatic amines is 1. The third-order valence-electron chi connectivity index (χ3n) is 2.61. The van der Waals surface area contributed by atoms with Crippen LogP contribution >= 0.6 is 15.9 Å². The summed E-state index contributed by atoms with van der Waals surface area (Å²) in [6.45, 7) is -1.43. The fourth-order valence-corrected chi connectivity index (χ4v) is 2.30. The van der Waals surface area contributed by atoms with Crippen LogP contribution < -0.4 is 10.9 Å². The van der Waals surface area contributed by atoms with Gasteiger partial charge in [-0.2, -0.15) is 13.2 Å². The predicted molar refractivity (Wildman–Crippen MR) is 69.6 cm³/mol. The van der Waals surface area contributed by atoms with Crippen molar-refractivity contribution >= 4 is 32.7 Å². The van der Waals surface area contributed by atoms with E-state index in [2.05, 4.69) is 20.9 Å². The third kappa shape index (κ3) is 2.87. The average Bonchev–Trinajstić information content (AvgIpc) is 2.78. The van der Waals surface area contributed by atoms with Gasteiger partial charge in [-0.15, -0.1) is 0 Å². The molecule has 0 spiro atoms. The number of amides is 1. The van der Waals surface area contributed by atoms with Crippen LogP contribution in [0, 0.1) is 0 Å². The standard InChI is InChI=1S/C11H9BrF3N3O2/c1-18-3-6(12)5-2-7(17-8(5)10(18)20)9(19)16-4-11(13,14)15/h2-3,17H,4H2,1H3,(H,16,19). The molecule has 1 amide bonds. The summed E-state index contributed by atoms with van der Waals surface area (Å²) in [4.78, 5) is 26.0. The van der Waals surface area contributed by atoms with Crippen molar-refractivity contribution in [2.45, 2.75) is 6.18 Å². The SMILES string of the molecule is Cn1cc(Br)c2cc(C(=O)NCC(F)(F)F)[nH]c2c1=O. The van der Waals surface area contributed by atoms with Crippen molar-refractivity contribution in [3.63, 3.8) is 0 Å². The minimum Gasteiger partial charge on any atom is -0.346 e. The average molecular weight is 352 g/mol. The third-order valence-corrected chi connectivity index (χ3v) is 3.24. The number of fused-ring (bicyclic) bond motifs is 1. The van der Waals surface area contributed by atoms with Gasteiger partial charge in [0.15, 0.2) is 0 Å². The summed E-state index contributed by atoms with van der Waals surface area (Å²) >= 11 is 3.22. The molecule has 0 atom stereocenters. The highest BCUT2D eigenvalue weighted by Crippen LogP contribution is 2.22. The van der Waals surface area contributed by atoms with Crippen LogP contribution in [0.2, 0.25) is 0 Å². The van der Waals surface area contributed by atoms with Gasteiger partial charge in [0.1, 0.15) is 17.8 Å². The highest BCUT2D eigenvalue weighted by atomic mass is 79.9. The fourth-order valence-electron chi connectivity index (χ4n) is 1.68. The van der Waals surface area contributed by atoms with Crippen LogP contribution in [0.15, 0.2) is 21.5 Å². The molecule has 0 aliphatic heterocycles. The van der Waals surface area contributed by atoms with Gasteiger partial charge in [0.25, 0.3) is 11.5 Å². The van der Waals surface area contributed by atoms with Crippen LogP contribution in [0.3, 0.4) is 0 Å². The van der Waals surface area contributed by atoms with Crippen LogP contribution in [-0.4, -0.2) is 28.2 Å². The number of halogens is 4. The van der Waals surface area contributed by atoms with Crippen molar-refractivity contribution in [2.75, 3.05) is 6.54 Å². The number of nitrogens with zero attached hydrogens (tertiary/aromatic N) is 1. The van der Waals surface area contributed by atoms with Crippen LogP contribution in [0.4, 0.5) is 13.2 Å². The first-order valence-corrected chi connectivity index (χ1v) is 6.21. The molecule has 2 heterocycles. The van der Waals surface area contributed by atoms with Crippen molar-refractivity contribution in [1.29, 1.82) is 0 Å². The number of carbonyl (C=O) groups is 1. The summed E-state index contributed by atoms with van der Waals surface area (Å²) in [6, 6.07) is 1.33. The molecule has 0 unspecified atom stereocenters. The monoisotopic (exact) mass is 351 g/mol. The number of aromatic nitrogens is 2. The maximum absolute atomic E-state index is 12.0. The summed E-state index contributed by atoms with van der Waals surface area (Å²) in [6.07, 6.45) is -2.98. The molecule has 108 valence electrons. The normalized spacial score (nSPS) is 11.8. The maximum Gasteiger partial charge on any atom is 0.405 e. The van der Waals surface area contributed by atoms with Crippen molar-refractivity contribution in [2.24, 2.45) is 7.05 Å². The molecule has 0 aliphatic carbocycles. The van der Waals surface area contributed by atoms with E-state index in [1.165, 1.54) is 23.9 Å². The minimum absolute atomic E-state index is 0.103. The summed E-state index contributed by atoms with van der Waals surface area (Å²) in [5.41, 5.74) is -0.328. The van der Waals surface area contributed by atoms with Gasteiger partial charge in [0.2, 0.25) is 0 Å². The van der Waals surface area contributed by atoms with Gasteiger partial charge < -0.3 is 14.9 Å². The maximum atomic E-state index is 12.0. The molecule has 2 rings (SSSR count). The Bertz CT molecular complexity index is 733. The molecular weight excluding hydrogens is 343 g/mol. The number of hydrogen-bond donors (Lipinski definition) is 2. The topological polar surface area (TPSA) is 66.9 Å². The molecule has 0 bridgehead atoms. The molecule has 2 N–H and O–H groups in total. The van der Waals surface area contributed by atoms with Crippen LogP contribution in [0.5, 0.6) is 0 Å². The molecule has 5 nitrogen and oxygen atoms in total. The Kier molecular flexibility index (Phi) is 3.63. The Balaban J connectivity index is 2.38. The quantitative estimate of drug-likeness (QED) is 0.867. The van der Waals surface area contributed by atoms with Gasteiger partial charge in [0, 0.05) is 23.1 Å². The molecule has 0 saturated heterocycles. The summed E-state index contributed by atoms with van der Waals surface area (Å²) in [5.74, 6) is -0.924. The molecule has 20 heavy (non-hydrogen) atoms. The fraction of sp³-hybridized carbons (Fsp3) is 0.273. The van der Waals surface area contributed by atoms with E-state index in [4.69, 9.17) is 0 Å². The summed E-state index contributed by atoms with van der Waals surface area (Å²) in [5, 5.41) is 2.17. The van der Waals surface area contributed by atoms with E-state index < -0.39 is 18.6 Å². The number of aryl methyl sites for hydroxylation is 1. The number of pyridine rings is 1. The second kappa shape index (κ2) is 4.97. The lowest BCUT2D eigenvalue weighted by molar-refractivity contribution is -0.123. The van der Waals surface area contributed by atoms with Crippen molar-refractivity contribution in [1.82, 2.24) is 14.9 Å². The Morgan fingerprint density at radius 3 is 2.75 bits per heavy atom. The highest BCUT2D eigenvalue weighted by Gasteiger charge is 2.28. The van der Waals surface area contributed by atoms with Crippen LogP contribution in [0.25, 0.3) is 10.9 Å². The zero-order chi connectivity index (χ0) is 15.1. The molecule has 2 aromatic rings. The predicted octanol–water partition coefficient (Wildman–Crippen LogP) is 1.92. The molecule has 9 heteroatoms. The lowest BCUT2D eigenvalue weighted by Gasteiger charge is -2.06. The number of nitrogens with one attached hydrogen (secondary N) is 2. The van der Waals surface area contributed by atoms with Crippen molar-refractivity contribution < 1.29 is 18.0 Å². The van der Waals surface area contributed by atoms with Gasteiger partial charge in [-0.1, -0.05) is 0 Å². The number of hydrogen-bond acceptors (Lipinski definition) is 2. The van der Waals surface area contributed by atoms with E-state index in [1.54, 1.807) is 5.32 Å². The zero-order valence-electron chi connectivity index (χ0n) is 10.1. The van der Waals surface area contributed by atoms with Gasteiger partial charge in [-0.3, -0.25) is 9.59 Å². The largest absolute Gasteiger partial charge is 0.405 e. The second-order valence-corrected chi connectivity index (χ2v) is 5.02. The second-order valence-electron chi connectivity index (χ2n) is 4.16. The van der Waals surface area contributed by atoms with Gasteiger partial charge in [-0.25, -0.2) is 0 Å². The van der Waals surface area contributed by atoms with E-state index in [9.17, 15) is 22.8 Å². The smallest absolute Gasteiger partial charge is 0.346 e. The Labute approximate surface area is 118 Å². The van der Waals surface area contributed by atoms with E-state index in [0.717, 1.165) is 0 Å². The Hall–Kier alpha value is -1.77. The van der Waals surface area contributed by atoms with Crippen LogP contribution in [-0.2, 0) is 7.05 Å². The molecule has 0 aliphatic rings. The molecule has 0 fully saturated rings.